The lowest BCUT2D eigenvalue weighted by molar-refractivity contribution is 0.233. The number of aromatic nitrogens is 2. The van der Waals surface area contributed by atoms with Crippen LogP contribution in [0.15, 0.2) is 36.7 Å². The van der Waals surface area contributed by atoms with Crippen molar-refractivity contribution < 1.29 is 4.79 Å². The van der Waals surface area contributed by atoms with Gasteiger partial charge in [-0.05, 0) is 31.7 Å². The topological polar surface area (TPSA) is 59.0 Å². The maximum atomic E-state index is 12.4. The van der Waals surface area contributed by atoms with Crippen LogP contribution in [0.3, 0.4) is 0 Å². The molecule has 2 N–H and O–H groups in total. The Morgan fingerprint density at radius 2 is 2.27 bits per heavy atom. The van der Waals surface area contributed by atoms with Crippen LogP contribution in [0.25, 0.3) is 11.1 Å². The van der Waals surface area contributed by atoms with Crippen molar-refractivity contribution in [3.05, 3.63) is 42.2 Å². The molecule has 0 aliphatic carbocycles. The molecule has 0 spiro atoms. The molecule has 2 bridgehead atoms. The van der Waals surface area contributed by atoms with E-state index in [2.05, 4.69) is 34.8 Å². The van der Waals surface area contributed by atoms with Gasteiger partial charge in [-0.25, -0.2) is 4.79 Å². The van der Waals surface area contributed by atoms with Gasteiger partial charge in [-0.15, -0.1) is 0 Å². The van der Waals surface area contributed by atoms with Crippen LogP contribution >= 0.6 is 0 Å². The number of rotatable bonds is 2. The van der Waals surface area contributed by atoms with Crippen molar-refractivity contribution in [2.45, 2.75) is 44.3 Å². The second-order valence-electron chi connectivity index (χ2n) is 6.38. The summed E-state index contributed by atoms with van der Waals surface area (Å²) in [6.45, 7) is 2.06. The molecular formula is C17H20N4O. The molecule has 2 aromatic rings. The molecule has 1 aromatic heterocycles. The molecule has 3 heterocycles. The summed E-state index contributed by atoms with van der Waals surface area (Å²) in [5, 5.41) is 10.8. The first-order chi connectivity index (χ1) is 10.7. The Balaban J connectivity index is 1.48. The van der Waals surface area contributed by atoms with Gasteiger partial charge in [0, 0.05) is 29.9 Å². The maximum absolute atomic E-state index is 12.4. The van der Waals surface area contributed by atoms with Gasteiger partial charge in [0.2, 0.25) is 0 Å². The van der Waals surface area contributed by atoms with Gasteiger partial charge in [-0.2, -0.15) is 9.78 Å². The Morgan fingerprint density at radius 3 is 3.00 bits per heavy atom. The number of amides is 1. The molecule has 0 saturated carbocycles. The molecule has 2 saturated heterocycles. The van der Waals surface area contributed by atoms with Gasteiger partial charge < -0.3 is 10.6 Å². The fourth-order valence-electron chi connectivity index (χ4n) is 3.62. The highest BCUT2D eigenvalue weighted by Crippen LogP contribution is 2.28. The fraction of sp³-hybridized carbons (Fsp3) is 0.412. The second-order valence-corrected chi connectivity index (χ2v) is 6.38. The van der Waals surface area contributed by atoms with E-state index >= 15 is 0 Å². The summed E-state index contributed by atoms with van der Waals surface area (Å²) in [6.07, 6.45) is 6.96. The van der Waals surface area contributed by atoms with Crippen LogP contribution in [0, 0.1) is 6.92 Å². The zero-order valence-electron chi connectivity index (χ0n) is 12.6. The number of hydrogen-bond donors (Lipinski definition) is 2. The van der Waals surface area contributed by atoms with Crippen molar-refractivity contribution in [2.24, 2.45) is 0 Å². The summed E-state index contributed by atoms with van der Waals surface area (Å²) in [5.74, 6) is 0. The molecule has 22 heavy (non-hydrogen) atoms. The van der Waals surface area contributed by atoms with Crippen molar-refractivity contribution in [3.63, 3.8) is 0 Å². The summed E-state index contributed by atoms with van der Waals surface area (Å²) < 4.78 is 1.41. The van der Waals surface area contributed by atoms with E-state index in [9.17, 15) is 4.79 Å². The van der Waals surface area contributed by atoms with E-state index in [4.69, 9.17) is 0 Å². The van der Waals surface area contributed by atoms with E-state index in [0.717, 1.165) is 24.0 Å². The lowest BCUT2D eigenvalue weighted by Gasteiger charge is -2.21. The average molecular weight is 296 g/mol. The van der Waals surface area contributed by atoms with Crippen LogP contribution in [0.4, 0.5) is 4.79 Å². The van der Waals surface area contributed by atoms with Crippen LogP contribution in [0.2, 0.25) is 0 Å². The molecule has 2 aliphatic heterocycles. The zero-order chi connectivity index (χ0) is 15.1. The third-order valence-electron chi connectivity index (χ3n) is 4.75. The quantitative estimate of drug-likeness (QED) is 0.894. The predicted molar refractivity (Wildman–Crippen MR) is 84.7 cm³/mol. The first-order valence-electron chi connectivity index (χ1n) is 7.88. The molecule has 1 amide bonds. The summed E-state index contributed by atoms with van der Waals surface area (Å²) >= 11 is 0. The van der Waals surface area contributed by atoms with Gasteiger partial charge in [-0.3, -0.25) is 0 Å². The lowest BCUT2D eigenvalue weighted by Crippen LogP contribution is -2.44. The van der Waals surface area contributed by atoms with Crippen molar-refractivity contribution in [3.8, 4) is 11.1 Å². The van der Waals surface area contributed by atoms with Gasteiger partial charge in [0.1, 0.15) is 0 Å². The minimum absolute atomic E-state index is 0.141. The second kappa shape index (κ2) is 5.25. The Kier molecular flexibility index (Phi) is 3.22. The number of carbonyl (C=O) groups excluding carboxylic acids is 1. The summed E-state index contributed by atoms with van der Waals surface area (Å²) in [6, 6.07) is 9.31. The first-order valence-corrected chi connectivity index (χ1v) is 7.88. The number of nitrogens with one attached hydrogen (secondary N) is 2. The maximum Gasteiger partial charge on any atom is 0.342 e. The van der Waals surface area contributed by atoms with Gasteiger partial charge in [0.05, 0.1) is 6.20 Å². The molecular weight excluding hydrogens is 276 g/mol. The average Bonchev–Trinajstić information content (AvgIpc) is 3.23. The molecule has 0 radical (unpaired) electrons. The summed E-state index contributed by atoms with van der Waals surface area (Å²) in [7, 11) is 0. The highest BCUT2D eigenvalue weighted by Gasteiger charge is 2.39. The van der Waals surface area contributed by atoms with Gasteiger partial charge in [0.15, 0.2) is 0 Å². The Hall–Kier alpha value is -2.14. The molecule has 5 heteroatoms. The lowest BCUT2D eigenvalue weighted by atomic mass is 9.96. The van der Waals surface area contributed by atoms with Crippen molar-refractivity contribution in [1.82, 2.24) is 20.4 Å². The molecule has 3 unspecified atom stereocenters. The van der Waals surface area contributed by atoms with Crippen molar-refractivity contribution in [2.75, 3.05) is 0 Å². The van der Waals surface area contributed by atoms with Crippen LogP contribution in [0.1, 0.15) is 24.8 Å². The normalized spacial score (nSPS) is 26.3. The molecule has 4 rings (SSSR count). The highest BCUT2D eigenvalue weighted by atomic mass is 16.2. The van der Waals surface area contributed by atoms with E-state index in [0.29, 0.717) is 12.1 Å². The molecule has 5 nitrogen and oxygen atoms in total. The number of aryl methyl sites for hydroxylation is 1. The van der Waals surface area contributed by atoms with E-state index in [-0.39, 0.29) is 12.1 Å². The number of nitrogens with zero attached hydrogens (tertiary/aromatic N) is 2. The zero-order valence-corrected chi connectivity index (χ0v) is 12.6. The molecule has 3 atom stereocenters. The van der Waals surface area contributed by atoms with Gasteiger partial charge >= 0.3 is 6.03 Å². The number of benzene rings is 1. The fourth-order valence-corrected chi connectivity index (χ4v) is 3.62. The number of fused-ring (bicyclic) bond motifs is 2. The van der Waals surface area contributed by atoms with Gasteiger partial charge in [-0.1, -0.05) is 29.8 Å². The largest absolute Gasteiger partial charge is 0.342 e. The number of carbonyl (C=O) groups is 1. The SMILES string of the molecule is Cc1cccc(-c2cnn(C(=O)NC3CC4CCC3N4)c2)c1. The molecule has 114 valence electrons. The van der Waals surface area contributed by atoms with Crippen molar-refractivity contribution in [1.29, 1.82) is 0 Å². The number of hydrogen-bond acceptors (Lipinski definition) is 3. The Labute approximate surface area is 129 Å². The van der Waals surface area contributed by atoms with Crippen LogP contribution in [-0.2, 0) is 0 Å². The Bertz CT molecular complexity index is 708. The first kappa shape index (κ1) is 13.5. The summed E-state index contributed by atoms with van der Waals surface area (Å²) in [5.41, 5.74) is 3.24. The molecule has 2 aliphatic rings. The highest BCUT2D eigenvalue weighted by molar-refractivity contribution is 5.78. The standard InChI is InChI=1S/C17H20N4O/c1-11-3-2-4-12(7-11)13-9-18-21(10-13)17(22)20-16-8-14-5-6-15(16)19-14/h2-4,7,9-10,14-16,19H,5-6,8H2,1H3,(H,20,22). The van der Waals surface area contributed by atoms with Gasteiger partial charge in [0.25, 0.3) is 0 Å². The van der Waals surface area contributed by atoms with E-state index in [1.807, 2.05) is 12.1 Å². The van der Waals surface area contributed by atoms with Crippen LogP contribution in [-0.4, -0.2) is 33.9 Å². The third-order valence-corrected chi connectivity index (χ3v) is 4.75. The predicted octanol–water partition coefficient (Wildman–Crippen LogP) is 2.31. The molecule has 1 aromatic carbocycles. The summed E-state index contributed by atoms with van der Waals surface area (Å²) in [4.78, 5) is 12.4. The third kappa shape index (κ3) is 2.41. The van der Waals surface area contributed by atoms with Crippen LogP contribution in [0.5, 0.6) is 0 Å². The van der Waals surface area contributed by atoms with Crippen LogP contribution < -0.4 is 10.6 Å². The van der Waals surface area contributed by atoms with E-state index in [1.165, 1.54) is 16.7 Å². The Morgan fingerprint density at radius 1 is 1.36 bits per heavy atom. The smallest absolute Gasteiger partial charge is 0.332 e. The van der Waals surface area contributed by atoms with E-state index in [1.54, 1.807) is 12.4 Å². The monoisotopic (exact) mass is 296 g/mol. The minimum atomic E-state index is -0.141. The minimum Gasteiger partial charge on any atom is -0.332 e. The molecule has 2 fully saturated rings. The van der Waals surface area contributed by atoms with E-state index < -0.39 is 0 Å². The van der Waals surface area contributed by atoms with Crippen molar-refractivity contribution >= 4 is 6.03 Å².